The van der Waals surface area contributed by atoms with Gasteiger partial charge in [0, 0.05) is 16.6 Å². The molecule has 196 valence electrons. The molecule has 13 heteroatoms. The van der Waals surface area contributed by atoms with E-state index in [1.54, 1.807) is 49.4 Å². The van der Waals surface area contributed by atoms with E-state index in [0.29, 0.717) is 34.2 Å². The van der Waals surface area contributed by atoms with E-state index in [9.17, 15) is 22.9 Å². The monoisotopic (exact) mass is 595 g/mol. The molecular weight excluding hydrogens is 576 g/mol. The number of amides is 1. The largest absolute Gasteiger partial charge is 1.00 e. The molecule has 0 aliphatic carbocycles. The Morgan fingerprint density at radius 2 is 1.79 bits per heavy atom. The first-order valence-corrected chi connectivity index (χ1v) is 13.3. The van der Waals surface area contributed by atoms with Crippen molar-refractivity contribution < 1.29 is 57.2 Å². The van der Waals surface area contributed by atoms with Crippen molar-refractivity contribution in [2.24, 2.45) is 10.2 Å². The first kappa shape index (κ1) is 30.8. The number of halogens is 2. The topological polar surface area (TPSA) is 140 Å². The van der Waals surface area contributed by atoms with Crippen LogP contribution in [0.3, 0.4) is 0 Å². The van der Waals surface area contributed by atoms with Crippen LogP contribution < -0.4 is 44.7 Å². The van der Waals surface area contributed by atoms with E-state index >= 15 is 0 Å². The molecule has 0 unspecified atom stereocenters. The van der Waals surface area contributed by atoms with Crippen LogP contribution in [-0.4, -0.2) is 26.0 Å². The molecule has 4 aromatic rings. The summed E-state index contributed by atoms with van der Waals surface area (Å²) in [4.78, 5) is 12.5. The van der Waals surface area contributed by atoms with Crippen LogP contribution in [0.2, 0.25) is 10.0 Å². The van der Waals surface area contributed by atoms with Crippen molar-refractivity contribution in [1.82, 2.24) is 0 Å². The average molecular weight is 596 g/mol. The molecule has 0 bridgehead atoms. The Hall–Kier alpha value is -2.70. The Morgan fingerprint density at radius 3 is 2.44 bits per heavy atom. The normalized spacial score (nSPS) is 11.4. The number of hydrogen-bond donors (Lipinski definition) is 2. The predicted molar refractivity (Wildman–Crippen MR) is 144 cm³/mol. The first-order valence-electron chi connectivity index (χ1n) is 11.1. The third-order valence-electron chi connectivity index (χ3n) is 5.68. The maximum Gasteiger partial charge on any atom is 1.00 e. The zero-order valence-electron chi connectivity index (χ0n) is 21.0. The maximum atomic E-state index is 13.4. The van der Waals surface area contributed by atoms with Gasteiger partial charge in [0.2, 0.25) is 0 Å². The number of hydrogen-bond acceptors (Lipinski definition) is 7. The minimum Gasteiger partial charge on any atom is -0.870 e. The maximum absolute atomic E-state index is 13.4. The van der Waals surface area contributed by atoms with Crippen LogP contribution in [0.15, 0.2) is 75.8 Å². The van der Waals surface area contributed by atoms with E-state index < -0.39 is 26.7 Å². The third kappa shape index (κ3) is 6.55. The average Bonchev–Trinajstić information content (AvgIpc) is 2.87. The Bertz CT molecular complexity index is 1710. The second kappa shape index (κ2) is 12.6. The van der Waals surface area contributed by atoms with Gasteiger partial charge in [0.25, 0.3) is 16.0 Å². The van der Waals surface area contributed by atoms with E-state index in [4.69, 9.17) is 27.9 Å². The molecule has 0 fully saturated rings. The summed E-state index contributed by atoms with van der Waals surface area (Å²) in [5.74, 6) is -1.04. The van der Waals surface area contributed by atoms with Crippen molar-refractivity contribution in [3.8, 4) is 11.5 Å². The van der Waals surface area contributed by atoms with Crippen molar-refractivity contribution in [1.29, 1.82) is 0 Å². The van der Waals surface area contributed by atoms with E-state index in [1.807, 2.05) is 0 Å². The van der Waals surface area contributed by atoms with Crippen molar-refractivity contribution in [3.05, 3.63) is 81.8 Å². The zero-order valence-corrected chi connectivity index (χ0v) is 25.4. The Labute approximate surface area is 256 Å². The number of azo groups is 1. The van der Waals surface area contributed by atoms with E-state index in [0.717, 1.165) is 0 Å². The van der Waals surface area contributed by atoms with Crippen LogP contribution in [0, 0.1) is 0 Å². The van der Waals surface area contributed by atoms with Crippen LogP contribution in [-0.2, 0) is 16.5 Å². The number of carbonyl (C=O) groups is 1. The zero-order chi connectivity index (χ0) is 27.6. The SMILES string of the molecule is CCc1ccc(N=Nc2c([O-])c(C(=O)Nc3ccc(OC)c(Cl)c3)cc3ccccc23)c(S(=O)(=O)O)c1Cl.[Na+]. The fraction of sp³-hybridized carbons (Fsp3) is 0.115. The number of methoxy groups -OCH3 is 1. The first-order chi connectivity index (χ1) is 18.0. The summed E-state index contributed by atoms with van der Waals surface area (Å²) in [5.41, 5.74) is 0.128. The molecule has 0 radical (unpaired) electrons. The Kier molecular flexibility index (Phi) is 10.0. The minimum absolute atomic E-state index is 0. The van der Waals surface area contributed by atoms with Crippen LogP contribution >= 0.6 is 23.2 Å². The minimum atomic E-state index is -4.77. The van der Waals surface area contributed by atoms with Crippen molar-refractivity contribution in [2.45, 2.75) is 18.2 Å². The van der Waals surface area contributed by atoms with Gasteiger partial charge in [0.15, 0.2) is 0 Å². The molecule has 0 atom stereocenters. The Balaban J connectivity index is 0.00000420. The molecule has 4 aromatic carbocycles. The van der Waals surface area contributed by atoms with Crippen LogP contribution in [0.4, 0.5) is 17.1 Å². The summed E-state index contributed by atoms with van der Waals surface area (Å²) < 4.78 is 39.0. The summed E-state index contributed by atoms with van der Waals surface area (Å²) in [6.45, 7) is 1.77. The van der Waals surface area contributed by atoms with Crippen molar-refractivity contribution >= 4 is 67.1 Å². The van der Waals surface area contributed by atoms with Gasteiger partial charge in [-0.3, -0.25) is 9.35 Å². The summed E-state index contributed by atoms with van der Waals surface area (Å²) in [7, 11) is -3.31. The number of anilines is 1. The molecular formula is C26H20Cl2N3NaO6S. The van der Waals surface area contributed by atoms with Gasteiger partial charge in [0.05, 0.1) is 22.8 Å². The summed E-state index contributed by atoms with van der Waals surface area (Å²) >= 11 is 12.3. The second-order valence-corrected chi connectivity index (χ2v) is 10.2. The summed E-state index contributed by atoms with van der Waals surface area (Å²) in [6.07, 6.45) is 0.407. The van der Waals surface area contributed by atoms with Gasteiger partial charge in [-0.05, 0) is 47.7 Å². The van der Waals surface area contributed by atoms with Crippen LogP contribution in [0.1, 0.15) is 22.8 Å². The van der Waals surface area contributed by atoms with Gasteiger partial charge in [0.1, 0.15) is 16.3 Å². The van der Waals surface area contributed by atoms with Crippen LogP contribution in [0.5, 0.6) is 11.5 Å². The molecule has 0 aromatic heterocycles. The predicted octanol–water partition coefficient (Wildman–Crippen LogP) is 3.71. The molecule has 39 heavy (non-hydrogen) atoms. The molecule has 0 heterocycles. The van der Waals surface area contributed by atoms with Gasteiger partial charge in [-0.15, -0.1) is 5.11 Å². The van der Waals surface area contributed by atoms with Crippen LogP contribution in [0.25, 0.3) is 10.8 Å². The number of ether oxygens (including phenoxy) is 1. The fourth-order valence-electron chi connectivity index (χ4n) is 3.81. The van der Waals surface area contributed by atoms with Gasteiger partial charge >= 0.3 is 29.6 Å². The number of aryl methyl sites for hydroxylation is 1. The second-order valence-electron chi connectivity index (χ2n) is 8.04. The molecule has 9 nitrogen and oxygen atoms in total. The molecule has 0 saturated heterocycles. The van der Waals surface area contributed by atoms with Crippen molar-refractivity contribution in [2.75, 3.05) is 12.4 Å². The molecule has 0 aliphatic rings. The van der Waals surface area contributed by atoms with Gasteiger partial charge < -0.3 is 15.2 Å². The number of nitrogens with zero attached hydrogens (tertiary/aromatic N) is 2. The number of benzene rings is 4. The van der Waals surface area contributed by atoms with E-state index in [2.05, 4.69) is 15.5 Å². The third-order valence-corrected chi connectivity index (χ3v) is 7.45. The van der Waals surface area contributed by atoms with Gasteiger partial charge in [-0.2, -0.15) is 13.5 Å². The van der Waals surface area contributed by atoms with Gasteiger partial charge in [-0.25, -0.2) is 0 Å². The number of carbonyl (C=O) groups excluding carboxylic acids is 1. The summed E-state index contributed by atoms with van der Waals surface area (Å²) in [6, 6.07) is 15.6. The van der Waals surface area contributed by atoms with E-state index in [-0.39, 0.29) is 56.5 Å². The Morgan fingerprint density at radius 1 is 1.08 bits per heavy atom. The molecule has 0 spiro atoms. The smallest absolute Gasteiger partial charge is 0.870 e. The molecule has 1 amide bonds. The van der Waals surface area contributed by atoms with Crippen molar-refractivity contribution in [3.63, 3.8) is 0 Å². The number of nitrogens with one attached hydrogen (secondary N) is 1. The molecule has 0 aliphatic heterocycles. The quantitative estimate of drug-likeness (QED) is 0.189. The number of rotatable bonds is 7. The van der Waals surface area contributed by atoms with E-state index in [1.165, 1.54) is 25.3 Å². The molecule has 0 saturated carbocycles. The standard InChI is InChI=1S/C26H21Cl2N3O6S.Na/c1-3-14-8-10-20(25(22(14)28)38(34,35)36)30-31-23-17-7-5-4-6-15(17)12-18(24(23)32)26(33)29-16-9-11-21(37-2)19(27)13-16;/h4-13,32H,3H2,1-2H3,(H,29,33)(H,34,35,36);/q;+1/p-1. The molecule has 4 rings (SSSR count). The van der Waals surface area contributed by atoms with Gasteiger partial charge in [-0.1, -0.05) is 66.2 Å². The number of fused-ring (bicyclic) bond motifs is 1. The molecule has 2 N–H and O–H groups in total. The fourth-order valence-corrected chi connectivity index (χ4v) is 5.38. The summed E-state index contributed by atoms with van der Waals surface area (Å²) in [5, 5.41) is 25.0.